The standard InChI is InChI=1S/C16H14ClF2NO3/c17-13-4-2-5-14(20(22)23)16(13)15(21)6-1-3-10-7-11(18)9-12(19)8-10/h2,4-5,7-9,15,21H,1,3,6H2. The Hall–Kier alpha value is -2.05. The summed E-state index contributed by atoms with van der Waals surface area (Å²) < 4.78 is 26.2. The van der Waals surface area contributed by atoms with Gasteiger partial charge >= 0.3 is 0 Å². The summed E-state index contributed by atoms with van der Waals surface area (Å²) in [5.74, 6) is -1.33. The van der Waals surface area contributed by atoms with Crippen molar-refractivity contribution in [1.29, 1.82) is 0 Å². The highest BCUT2D eigenvalue weighted by Gasteiger charge is 2.23. The SMILES string of the molecule is O=[N+]([O-])c1cccc(Cl)c1C(O)CCCc1cc(F)cc(F)c1. The molecule has 0 fully saturated rings. The van der Waals surface area contributed by atoms with Crippen LogP contribution in [0.3, 0.4) is 0 Å². The second-order valence-electron chi connectivity index (χ2n) is 5.12. The Morgan fingerprint density at radius 2 is 1.87 bits per heavy atom. The maximum Gasteiger partial charge on any atom is 0.276 e. The van der Waals surface area contributed by atoms with Crippen molar-refractivity contribution in [2.24, 2.45) is 0 Å². The highest BCUT2D eigenvalue weighted by atomic mass is 35.5. The number of rotatable bonds is 6. The molecule has 0 aliphatic heterocycles. The maximum atomic E-state index is 13.1. The van der Waals surface area contributed by atoms with Crippen LogP contribution in [0, 0.1) is 21.7 Å². The van der Waals surface area contributed by atoms with E-state index in [2.05, 4.69) is 0 Å². The van der Waals surface area contributed by atoms with Gasteiger partial charge in [0, 0.05) is 12.1 Å². The zero-order chi connectivity index (χ0) is 17.0. The van der Waals surface area contributed by atoms with Crippen LogP contribution < -0.4 is 0 Å². The summed E-state index contributed by atoms with van der Waals surface area (Å²) in [6, 6.07) is 7.39. The van der Waals surface area contributed by atoms with Crippen molar-refractivity contribution in [2.75, 3.05) is 0 Å². The summed E-state index contributed by atoms with van der Waals surface area (Å²) >= 11 is 5.94. The summed E-state index contributed by atoms with van der Waals surface area (Å²) in [6.45, 7) is 0. The predicted molar refractivity (Wildman–Crippen MR) is 82.4 cm³/mol. The van der Waals surface area contributed by atoms with Crippen LogP contribution in [0.5, 0.6) is 0 Å². The summed E-state index contributed by atoms with van der Waals surface area (Å²) in [5, 5.41) is 21.3. The summed E-state index contributed by atoms with van der Waals surface area (Å²) in [6.07, 6.45) is -0.207. The van der Waals surface area contributed by atoms with Gasteiger partial charge in [-0.05, 0) is 43.0 Å². The van der Waals surface area contributed by atoms with Crippen molar-refractivity contribution in [1.82, 2.24) is 0 Å². The van der Waals surface area contributed by atoms with Gasteiger partial charge in [0.05, 0.1) is 21.6 Å². The highest BCUT2D eigenvalue weighted by Crippen LogP contribution is 2.34. The molecular weight excluding hydrogens is 328 g/mol. The van der Waals surface area contributed by atoms with Gasteiger partial charge < -0.3 is 5.11 Å². The van der Waals surface area contributed by atoms with Crippen LogP contribution in [-0.2, 0) is 6.42 Å². The van der Waals surface area contributed by atoms with Crippen LogP contribution in [0.2, 0.25) is 5.02 Å². The number of nitro benzene ring substituents is 1. The van der Waals surface area contributed by atoms with Gasteiger partial charge in [0.1, 0.15) is 11.6 Å². The second kappa shape index (κ2) is 7.48. The molecule has 0 amide bonds. The van der Waals surface area contributed by atoms with Crippen LogP contribution >= 0.6 is 11.6 Å². The maximum absolute atomic E-state index is 13.1. The van der Waals surface area contributed by atoms with Gasteiger partial charge in [0.25, 0.3) is 5.69 Å². The Balaban J connectivity index is 2.05. The van der Waals surface area contributed by atoms with Gasteiger partial charge in [-0.2, -0.15) is 0 Å². The monoisotopic (exact) mass is 341 g/mol. The Morgan fingerprint density at radius 1 is 1.22 bits per heavy atom. The van der Waals surface area contributed by atoms with Gasteiger partial charge in [-0.25, -0.2) is 8.78 Å². The molecule has 2 rings (SSSR count). The van der Waals surface area contributed by atoms with Crippen molar-refractivity contribution in [3.8, 4) is 0 Å². The third kappa shape index (κ3) is 4.46. The number of aliphatic hydroxyl groups is 1. The molecule has 1 unspecified atom stereocenters. The van der Waals surface area contributed by atoms with Crippen molar-refractivity contribution >= 4 is 17.3 Å². The van der Waals surface area contributed by atoms with E-state index >= 15 is 0 Å². The first-order chi connectivity index (χ1) is 10.9. The lowest BCUT2D eigenvalue weighted by molar-refractivity contribution is -0.386. The largest absolute Gasteiger partial charge is 0.388 e. The van der Waals surface area contributed by atoms with E-state index in [1.54, 1.807) is 0 Å². The molecule has 23 heavy (non-hydrogen) atoms. The van der Waals surface area contributed by atoms with E-state index < -0.39 is 22.7 Å². The molecule has 0 saturated heterocycles. The fourth-order valence-corrected chi connectivity index (χ4v) is 2.71. The molecule has 0 heterocycles. The molecule has 122 valence electrons. The van der Waals surface area contributed by atoms with E-state index in [0.717, 1.165) is 6.07 Å². The van der Waals surface area contributed by atoms with Crippen LogP contribution in [0.1, 0.15) is 30.1 Å². The fourth-order valence-electron chi connectivity index (χ4n) is 2.41. The number of benzene rings is 2. The minimum absolute atomic E-state index is 0.0598. The average molecular weight is 342 g/mol. The lowest BCUT2D eigenvalue weighted by Gasteiger charge is -2.13. The summed E-state index contributed by atoms with van der Waals surface area (Å²) in [7, 11) is 0. The lowest BCUT2D eigenvalue weighted by Crippen LogP contribution is -2.04. The van der Waals surface area contributed by atoms with Crippen molar-refractivity contribution in [3.05, 3.63) is 74.3 Å². The first kappa shape index (κ1) is 17.3. The quantitative estimate of drug-likeness (QED) is 0.617. The van der Waals surface area contributed by atoms with E-state index in [0.29, 0.717) is 18.4 Å². The topological polar surface area (TPSA) is 63.4 Å². The molecule has 0 aromatic heterocycles. The molecule has 7 heteroatoms. The van der Waals surface area contributed by atoms with Crippen molar-refractivity contribution in [3.63, 3.8) is 0 Å². The number of hydrogen-bond acceptors (Lipinski definition) is 3. The van der Waals surface area contributed by atoms with Crippen LogP contribution in [-0.4, -0.2) is 10.0 Å². The molecule has 0 saturated carbocycles. The van der Waals surface area contributed by atoms with Gasteiger partial charge in [-0.1, -0.05) is 17.7 Å². The third-order valence-electron chi connectivity index (χ3n) is 3.43. The molecule has 0 aliphatic carbocycles. The normalized spacial score (nSPS) is 12.2. The van der Waals surface area contributed by atoms with Gasteiger partial charge in [0.15, 0.2) is 0 Å². The van der Waals surface area contributed by atoms with Crippen LogP contribution in [0.25, 0.3) is 0 Å². The van der Waals surface area contributed by atoms with Gasteiger partial charge in [-0.15, -0.1) is 0 Å². The Bertz CT molecular complexity index is 704. The highest BCUT2D eigenvalue weighted by molar-refractivity contribution is 6.31. The minimum Gasteiger partial charge on any atom is -0.388 e. The summed E-state index contributed by atoms with van der Waals surface area (Å²) in [4.78, 5) is 10.4. The predicted octanol–water partition coefficient (Wildman–Crippen LogP) is 4.58. The summed E-state index contributed by atoms with van der Waals surface area (Å²) in [5.41, 5.74) is 0.273. The molecule has 1 N–H and O–H groups in total. The molecule has 4 nitrogen and oxygen atoms in total. The molecule has 1 atom stereocenters. The number of nitro groups is 1. The molecule has 2 aromatic carbocycles. The van der Waals surface area contributed by atoms with E-state index in [1.165, 1.54) is 30.3 Å². The number of halogens is 3. The third-order valence-corrected chi connectivity index (χ3v) is 3.75. The number of nitrogens with zero attached hydrogens (tertiary/aromatic N) is 1. The van der Waals surface area contributed by atoms with Crippen LogP contribution in [0.15, 0.2) is 36.4 Å². The smallest absolute Gasteiger partial charge is 0.276 e. The molecule has 0 aliphatic rings. The molecule has 0 spiro atoms. The average Bonchev–Trinajstić information content (AvgIpc) is 2.45. The van der Waals surface area contributed by atoms with E-state index in [-0.39, 0.29) is 22.7 Å². The zero-order valence-electron chi connectivity index (χ0n) is 12.0. The van der Waals surface area contributed by atoms with Gasteiger partial charge in [0.2, 0.25) is 0 Å². The molecule has 0 radical (unpaired) electrons. The number of aliphatic hydroxyl groups excluding tert-OH is 1. The lowest BCUT2D eigenvalue weighted by atomic mass is 10.00. The second-order valence-corrected chi connectivity index (χ2v) is 5.52. The first-order valence-corrected chi connectivity index (χ1v) is 7.32. The Kier molecular flexibility index (Phi) is 5.63. The first-order valence-electron chi connectivity index (χ1n) is 6.94. The van der Waals surface area contributed by atoms with E-state index in [9.17, 15) is 24.0 Å². The number of aryl methyl sites for hydroxylation is 1. The Labute approximate surface area is 136 Å². The van der Waals surface area contributed by atoms with Crippen molar-refractivity contribution in [2.45, 2.75) is 25.4 Å². The fraction of sp³-hybridized carbons (Fsp3) is 0.250. The molecule has 2 aromatic rings. The van der Waals surface area contributed by atoms with E-state index in [1.807, 2.05) is 0 Å². The van der Waals surface area contributed by atoms with Crippen molar-refractivity contribution < 1.29 is 18.8 Å². The van der Waals surface area contributed by atoms with Crippen LogP contribution in [0.4, 0.5) is 14.5 Å². The minimum atomic E-state index is -1.12. The van der Waals surface area contributed by atoms with Gasteiger partial charge in [-0.3, -0.25) is 10.1 Å². The zero-order valence-corrected chi connectivity index (χ0v) is 12.8. The number of hydrogen-bond donors (Lipinski definition) is 1. The molecular formula is C16H14ClF2NO3. The Morgan fingerprint density at radius 3 is 2.48 bits per heavy atom. The van der Waals surface area contributed by atoms with E-state index in [4.69, 9.17) is 11.6 Å². The molecule has 0 bridgehead atoms.